The van der Waals surface area contributed by atoms with E-state index in [4.69, 9.17) is 5.11 Å². The van der Waals surface area contributed by atoms with Crippen LogP contribution in [-0.2, 0) is 14.4 Å². The van der Waals surface area contributed by atoms with Gasteiger partial charge in [-0.3, -0.25) is 14.5 Å². The number of aliphatic hydroxyl groups is 1. The number of imide groups is 1. The van der Waals surface area contributed by atoms with Crippen LogP contribution in [0.1, 0.15) is 25.7 Å². The molecule has 0 spiro atoms. The summed E-state index contributed by atoms with van der Waals surface area (Å²) in [6, 6.07) is 0. The number of carboxylic acid groups (broad SMARTS) is 1. The number of rotatable bonds is 3. The van der Waals surface area contributed by atoms with Crippen LogP contribution >= 0.6 is 0 Å². The van der Waals surface area contributed by atoms with Gasteiger partial charge < -0.3 is 10.2 Å². The molecule has 2 N–H and O–H groups in total. The molecule has 2 amide bonds. The Hall–Kier alpha value is -1.43. The maximum Gasteiger partial charge on any atom is 0.334 e. The topological polar surface area (TPSA) is 94.9 Å². The molecule has 0 aromatic heterocycles. The predicted molar refractivity (Wildman–Crippen MR) is 55.8 cm³/mol. The second-order valence-electron chi connectivity index (χ2n) is 4.64. The number of carboxylic acids is 1. The zero-order valence-corrected chi connectivity index (χ0v) is 9.33. The summed E-state index contributed by atoms with van der Waals surface area (Å²) in [5, 5.41) is 17.8. The number of carbonyl (C=O) groups excluding carboxylic acids is 2. The number of aliphatic carboxylic acids is 1. The molecule has 94 valence electrons. The molecule has 0 radical (unpaired) electrons. The third-order valence-electron chi connectivity index (χ3n) is 3.57. The summed E-state index contributed by atoms with van der Waals surface area (Å²) in [4.78, 5) is 35.3. The van der Waals surface area contributed by atoms with E-state index in [-0.39, 0.29) is 23.7 Å². The van der Waals surface area contributed by atoms with Crippen LogP contribution < -0.4 is 0 Å². The van der Waals surface area contributed by atoms with Gasteiger partial charge in [-0.15, -0.1) is 0 Å². The summed E-state index contributed by atoms with van der Waals surface area (Å²) >= 11 is 0. The number of aliphatic hydroxyl groups excluding tert-OH is 1. The van der Waals surface area contributed by atoms with E-state index in [0.29, 0.717) is 12.8 Å². The van der Waals surface area contributed by atoms with Gasteiger partial charge in [0, 0.05) is 0 Å². The van der Waals surface area contributed by atoms with Crippen LogP contribution in [0.2, 0.25) is 0 Å². The van der Waals surface area contributed by atoms with E-state index >= 15 is 0 Å². The van der Waals surface area contributed by atoms with Crippen molar-refractivity contribution < 1.29 is 24.6 Å². The summed E-state index contributed by atoms with van der Waals surface area (Å²) in [6.45, 7) is -0.431. The van der Waals surface area contributed by atoms with Gasteiger partial charge in [0.1, 0.15) is 0 Å². The van der Waals surface area contributed by atoms with E-state index < -0.39 is 18.6 Å². The lowest BCUT2D eigenvalue weighted by Gasteiger charge is -2.19. The third kappa shape index (κ3) is 2.04. The van der Waals surface area contributed by atoms with E-state index in [9.17, 15) is 19.5 Å². The number of nitrogens with zero attached hydrogens (tertiary/aromatic N) is 1. The zero-order valence-electron chi connectivity index (χ0n) is 9.33. The Labute approximate surface area is 98.2 Å². The highest BCUT2D eigenvalue weighted by Gasteiger charge is 2.48. The molecule has 2 aliphatic rings. The molecule has 0 bridgehead atoms. The van der Waals surface area contributed by atoms with Gasteiger partial charge in [-0.2, -0.15) is 0 Å². The monoisotopic (exact) mass is 241 g/mol. The summed E-state index contributed by atoms with van der Waals surface area (Å²) in [6.07, 6.45) is 1.54. The minimum Gasteiger partial charge on any atom is -0.479 e. The van der Waals surface area contributed by atoms with Crippen molar-refractivity contribution in [2.45, 2.75) is 31.8 Å². The molecular weight excluding hydrogens is 226 g/mol. The summed E-state index contributed by atoms with van der Waals surface area (Å²) in [7, 11) is 0. The molecule has 2 rings (SSSR count). The second kappa shape index (κ2) is 4.44. The fraction of sp³-hybridized carbons (Fsp3) is 0.727. The Bertz CT molecular complexity index is 343. The molecular formula is C11H15NO5. The van der Waals surface area contributed by atoms with Crippen LogP contribution in [0.25, 0.3) is 0 Å². The zero-order chi connectivity index (χ0) is 12.6. The highest BCUT2D eigenvalue weighted by atomic mass is 16.4. The van der Waals surface area contributed by atoms with Crippen LogP contribution in [0, 0.1) is 11.8 Å². The first-order valence-corrected chi connectivity index (χ1v) is 5.78. The Balaban J connectivity index is 2.10. The largest absolute Gasteiger partial charge is 0.479 e. The van der Waals surface area contributed by atoms with Crippen molar-refractivity contribution in [1.29, 1.82) is 0 Å². The first kappa shape index (κ1) is 12.0. The standard InChI is InChI=1S/C11H15NO5/c13-8(11(16)17)5-12-9(14)6-3-1-2-4-7(6)10(12)15/h6-8,13H,1-5H2,(H,16,17). The van der Waals surface area contributed by atoms with Gasteiger partial charge in [-0.1, -0.05) is 12.8 Å². The van der Waals surface area contributed by atoms with Crippen LogP contribution in [0.5, 0.6) is 0 Å². The fourth-order valence-corrected chi connectivity index (χ4v) is 2.66. The van der Waals surface area contributed by atoms with Gasteiger partial charge in [-0.25, -0.2) is 4.79 Å². The van der Waals surface area contributed by atoms with Crippen molar-refractivity contribution >= 4 is 17.8 Å². The van der Waals surface area contributed by atoms with Crippen molar-refractivity contribution in [2.75, 3.05) is 6.54 Å². The summed E-state index contributed by atoms with van der Waals surface area (Å²) < 4.78 is 0. The molecule has 3 unspecified atom stereocenters. The van der Waals surface area contributed by atoms with Gasteiger partial charge in [0.05, 0.1) is 18.4 Å². The summed E-state index contributed by atoms with van der Waals surface area (Å²) in [5.41, 5.74) is 0. The molecule has 1 saturated carbocycles. The molecule has 1 aliphatic carbocycles. The fourth-order valence-electron chi connectivity index (χ4n) is 2.66. The van der Waals surface area contributed by atoms with Gasteiger partial charge >= 0.3 is 5.97 Å². The van der Waals surface area contributed by atoms with Crippen molar-refractivity contribution in [3.05, 3.63) is 0 Å². The van der Waals surface area contributed by atoms with E-state index in [1.54, 1.807) is 0 Å². The van der Waals surface area contributed by atoms with Gasteiger partial charge in [0.2, 0.25) is 11.8 Å². The van der Waals surface area contributed by atoms with E-state index in [1.807, 2.05) is 0 Å². The maximum absolute atomic E-state index is 11.9. The lowest BCUT2D eigenvalue weighted by Crippen LogP contribution is -2.40. The molecule has 1 saturated heterocycles. The number of carbonyl (C=O) groups is 3. The van der Waals surface area contributed by atoms with Crippen LogP contribution in [0.4, 0.5) is 0 Å². The minimum atomic E-state index is -1.69. The van der Waals surface area contributed by atoms with E-state index in [1.165, 1.54) is 0 Å². The highest BCUT2D eigenvalue weighted by molar-refractivity contribution is 6.05. The predicted octanol–water partition coefficient (Wildman–Crippen LogP) is -0.393. The number of likely N-dealkylation sites (tertiary alicyclic amines) is 1. The molecule has 2 fully saturated rings. The first-order valence-electron chi connectivity index (χ1n) is 5.78. The lowest BCUT2D eigenvalue weighted by atomic mass is 9.81. The lowest BCUT2D eigenvalue weighted by molar-refractivity contribution is -0.150. The number of β-amino-alcohol motifs (C(OH)–C–C–N with tert-alkyl or cyclic N) is 1. The Morgan fingerprint density at radius 3 is 2.12 bits per heavy atom. The number of hydrogen-bond acceptors (Lipinski definition) is 4. The molecule has 3 atom stereocenters. The third-order valence-corrected chi connectivity index (χ3v) is 3.57. The van der Waals surface area contributed by atoms with Crippen molar-refractivity contribution in [2.24, 2.45) is 11.8 Å². The maximum atomic E-state index is 11.9. The average molecular weight is 241 g/mol. The van der Waals surface area contributed by atoms with Crippen LogP contribution in [0.3, 0.4) is 0 Å². The highest BCUT2D eigenvalue weighted by Crippen LogP contribution is 2.37. The second-order valence-corrected chi connectivity index (χ2v) is 4.64. The number of amides is 2. The number of fused-ring (bicyclic) bond motifs is 1. The quantitative estimate of drug-likeness (QED) is 0.656. The Morgan fingerprint density at radius 1 is 1.24 bits per heavy atom. The molecule has 6 heteroatoms. The SMILES string of the molecule is O=C(O)C(O)CN1C(=O)C2CCCCC2C1=O. The smallest absolute Gasteiger partial charge is 0.334 e. The average Bonchev–Trinajstić information content (AvgIpc) is 2.55. The van der Waals surface area contributed by atoms with Crippen molar-refractivity contribution in [1.82, 2.24) is 4.90 Å². The number of hydrogen-bond donors (Lipinski definition) is 2. The van der Waals surface area contributed by atoms with Gasteiger partial charge in [0.15, 0.2) is 6.10 Å². The summed E-state index contributed by atoms with van der Waals surface area (Å²) in [5.74, 6) is -2.64. The van der Waals surface area contributed by atoms with Crippen LogP contribution in [-0.4, -0.2) is 45.5 Å². The first-order chi connectivity index (χ1) is 8.02. The van der Waals surface area contributed by atoms with E-state index in [2.05, 4.69) is 0 Å². The molecule has 6 nitrogen and oxygen atoms in total. The minimum absolute atomic E-state index is 0.294. The molecule has 17 heavy (non-hydrogen) atoms. The van der Waals surface area contributed by atoms with Gasteiger partial charge in [0.25, 0.3) is 0 Å². The van der Waals surface area contributed by atoms with E-state index in [0.717, 1.165) is 17.7 Å². The van der Waals surface area contributed by atoms with Gasteiger partial charge in [-0.05, 0) is 12.8 Å². The van der Waals surface area contributed by atoms with Crippen molar-refractivity contribution in [3.8, 4) is 0 Å². The molecule has 1 aliphatic heterocycles. The van der Waals surface area contributed by atoms with Crippen molar-refractivity contribution in [3.63, 3.8) is 0 Å². The molecule has 1 heterocycles. The Morgan fingerprint density at radius 2 is 1.71 bits per heavy atom. The van der Waals surface area contributed by atoms with Crippen LogP contribution in [0.15, 0.2) is 0 Å². The molecule has 0 aromatic carbocycles. The normalized spacial score (nSPS) is 30.3. The molecule has 0 aromatic rings. The Kier molecular flexibility index (Phi) is 3.15.